The van der Waals surface area contributed by atoms with Gasteiger partial charge >= 0.3 is 0 Å². The maximum atomic E-state index is 11.7. The first-order valence-electron chi connectivity index (χ1n) is 4.62. The number of halogens is 1. The summed E-state index contributed by atoms with van der Waals surface area (Å²) in [5, 5.41) is 0.0274. The minimum atomic E-state index is -3.16. The molecule has 5 heteroatoms. The van der Waals surface area contributed by atoms with E-state index in [0.29, 0.717) is 10.6 Å². The molecule has 2 N–H and O–H groups in total. The minimum Gasteiger partial charge on any atom is -0.329 e. The Morgan fingerprint density at radius 2 is 2.13 bits per heavy atom. The lowest BCUT2D eigenvalue weighted by Gasteiger charge is -2.10. The van der Waals surface area contributed by atoms with Crippen LogP contribution in [-0.4, -0.2) is 20.2 Å². The lowest BCUT2D eigenvalue weighted by molar-refractivity contribution is 0.583. The van der Waals surface area contributed by atoms with E-state index in [0.717, 1.165) is 0 Å². The molecule has 1 aromatic carbocycles. The third-order valence-electron chi connectivity index (χ3n) is 2.20. The van der Waals surface area contributed by atoms with Crippen LogP contribution in [0.5, 0.6) is 0 Å². The molecule has 0 fully saturated rings. The number of nitrogens with two attached hydrogens (primary N) is 1. The van der Waals surface area contributed by atoms with E-state index in [1.807, 2.05) is 0 Å². The first kappa shape index (κ1) is 12.5. The molecule has 0 saturated carbocycles. The van der Waals surface area contributed by atoms with Crippen molar-refractivity contribution in [2.75, 3.05) is 6.54 Å². The Bertz CT molecular complexity index is 431. The second-order valence-corrected chi connectivity index (χ2v) is 6.34. The molecule has 0 radical (unpaired) electrons. The highest BCUT2D eigenvalue weighted by Crippen LogP contribution is 2.15. The minimum absolute atomic E-state index is 0.00801. The van der Waals surface area contributed by atoms with Gasteiger partial charge in [-0.25, -0.2) is 8.42 Å². The molecule has 15 heavy (non-hydrogen) atoms. The fourth-order valence-corrected chi connectivity index (χ4v) is 2.58. The molecule has 0 spiro atoms. The van der Waals surface area contributed by atoms with Crippen LogP contribution in [-0.2, 0) is 15.6 Å². The zero-order valence-corrected chi connectivity index (χ0v) is 10.1. The summed E-state index contributed by atoms with van der Waals surface area (Å²) in [5.41, 5.74) is 6.03. The van der Waals surface area contributed by atoms with E-state index in [9.17, 15) is 8.42 Å². The van der Waals surface area contributed by atoms with Crippen LogP contribution in [0.4, 0.5) is 0 Å². The third-order valence-corrected chi connectivity index (χ3v) is 4.59. The van der Waals surface area contributed by atoms with Gasteiger partial charge in [0.1, 0.15) is 0 Å². The van der Waals surface area contributed by atoms with Gasteiger partial charge in [0.15, 0.2) is 9.84 Å². The summed E-state index contributed by atoms with van der Waals surface area (Å²) in [6, 6.07) is 6.85. The summed E-state index contributed by atoms with van der Waals surface area (Å²) in [6.45, 7) is 1.75. The lowest BCUT2D eigenvalue weighted by atomic mass is 10.2. The van der Waals surface area contributed by atoms with Crippen molar-refractivity contribution in [1.29, 1.82) is 0 Å². The van der Waals surface area contributed by atoms with Crippen molar-refractivity contribution in [3.05, 3.63) is 34.9 Å². The fraction of sp³-hybridized carbons (Fsp3) is 0.400. The first-order chi connectivity index (χ1) is 6.95. The van der Waals surface area contributed by atoms with E-state index in [1.165, 1.54) is 0 Å². The van der Waals surface area contributed by atoms with E-state index >= 15 is 0 Å². The van der Waals surface area contributed by atoms with Gasteiger partial charge in [-0.1, -0.05) is 23.7 Å². The van der Waals surface area contributed by atoms with Gasteiger partial charge in [0.2, 0.25) is 0 Å². The number of rotatable bonds is 4. The Morgan fingerprint density at radius 1 is 1.47 bits per heavy atom. The number of benzene rings is 1. The Morgan fingerprint density at radius 3 is 2.67 bits per heavy atom. The van der Waals surface area contributed by atoms with Gasteiger partial charge < -0.3 is 5.73 Å². The van der Waals surface area contributed by atoms with Crippen LogP contribution in [0.2, 0.25) is 5.02 Å². The lowest BCUT2D eigenvalue weighted by Crippen LogP contribution is -2.27. The second-order valence-electron chi connectivity index (χ2n) is 3.48. The van der Waals surface area contributed by atoms with Crippen LogP contribution in [0.3, 0.4) is 0 Å². The topological polar surface area (TPSA) is 60.2 Å². The van der Waals surface area contributed by atoms with Gasteiger partial charge in [-0.3, -0.25) is 0 Å². The molecule has 1 aromatic rings. The number of hydrogen-bond acceptors (Lipinski definition) is 3. The smallest absolute Gasteiger partial charge is 0.158 e. The summed E-state index contributed by atoms with van der Waals surface area (Å²) < 4.78 is 23.4. The predicted octanol–water partition coefficient (Wildman–Crippen LogP) is 1.60. The average Bonchev–Trinajstić information content (AvgIpc) is 2.15. The van der Waals surface area contributed by atoms with Crippen LogP contribution in [0.25, 0.3) is 0 Å². The van der Waals surface area contributed by atoms with E-state index in [-0.39, 0.29) is 12.3 Å². The summed E-state index contributed by atoms with van der Waals surface area (Å²) in [4.78, 5) is 0. The van der Waals surface area contributed by atoms with Crippen LogP contribution < -0.4 is 5.73 Å². The molecule has 3 nitrogen and oxygen atoms in total. The number of hydrogen-bond donors (Lipinski definition) is 1. The molecule has 0 heterocycles. The Balaban J connectivity index is 2.87. The van der Waals surface area contributed by atoms with Crippen LogP contribution in [0.15, 0.2) is 24.3 Å². The fourth-order valence-electron chi connectivity index (χ4n) is 1.15. The molecule has 0 saturated heterocycles. The highest BCUT2D eigenvalue weighted by Gasteiger charge is 2.19. The van der Waals surface area contributed by atoms with E-state index in [4.69, 9.17) is 17.3 Å². The molecule has 1 atom stereocenters. The van der Waals surface area contributed by atoms with E-state index in [2.05, 4.69) is 0 Å². The van der Waals surface area contributed by atoms with Crippen molar-refractivity contribution in [3.8, 4) is 0 Å². The highest BCUT2D eigenvalue weighted by atomic mass is 35.5. The molecule has 1 rings (SSSR count). The van der Waals surface area contributed by atoms with Crippen molar-refractivity contribution in [2.45, 2.75) is 17.9 Å². The summed E-state index contributed by atoms with van der Waals surface area (Å²) in [7, 11) is -3.16. The van der Waals surface area contributed by atoms with Crippen molar-refractivity contribution in [2.24, 2.45) is 5.73 Å². The van der Waals surface area contributed by atoms with Gasteiger partial charge in [-0.15, -0.1) is 0 Å². The largest absolute Gasteiger partial charge is 0.329 e. The molecule has 0 aliphatic heterocycles. The second kappa shape index (κ2) is 4.96. The quantitative estimate of drug-likeness (QED) is 0.879. The Hall–Kier alpha value is -0.580. The van der Waals surface area contributed by atoms with Crippen molar-refractivity contribution in [1.82, 2.24) is 0 Å². The van der Waals surface area contributed by atoms with Crippen LogP contribution >= 0.6 is 11.6 Å². The van der Waals surface area contributed by atoms with Gasteiger partial charge in [0.25, 0.3) is 0 Å². The Labute approximate surface area is 95.2 Å². The van der Waals surface area contributed by atoms with Gasteiger partial charge in [0, 0.05) is 11.6 Å². The summed E-state index contributed by atoms with van der Waals surface area (Å²) in [6.07, 6.45) is 0. The molecule has 0 amide bonds. The maximum Gasteiger partial charge on any atom is 0.158 e. The summed E-state index contributed by atoms with van der Waals surface area (Å²) >= 11 is 5.77. The van der Waals surface area contributed by atoms with Crippen LogP contribution in [0.1, 0.15) is 12.5 Å². The zero-order valence-electron chi connectivity index (χ0n) is 8.48. The molecule has 84 valence electrons. The Kier molecular flexibility index (Phi) is 4.13. The molecular formula is C10H14ClNO2S. The predicted molar refractivity (Wildman–Crippen MR) is 62.6 cm³/mol. The molecule has 1 unspecified atom stereocenters. The molecule has 0 bridgehead atoms. The molecular weight excluding hydrogens is 234 g/mol. The highest BCUT2D eigenvalue weighted by molar-refractivity contribution is 7.91. The monoisotopic (exact) mass is 247 g/mol. The van der Waals surface area contributed by atoms with E-state index in [1.54, 1.807) is 31.2 Å². The standard InChI is InChI=1S/C10H14ClNO2S/c1-8(6-12)15(13,14)7-9-3-2-4-10(11)5-9/h2-5,8H,6-7,12H2,1H3. The van der Waals surface area contributed by atoms with E-state index < -0.39 is 15.1 Å². The van der Waals surface area contributed by atoms with Crippen molar-refractivity contribution >= 4 is 21.4 Å². The molecule has 0 aromatic heterocycles. The van der Waals surface area contributed by atoms with Gasteiger partial charge in [-0.2, -0.15) is 0 Å². The summed E-state index contributed by atoms with van der Waals surface area (Å²) in [5.74, 6) is -0.00801. The molecule has 0 aliphatic carbocycles. The van der Waals surface area contributed by atoms with Crippen LogP contribution in [0, 0.1) is 0 Å². The zero-order chi connectivity index (χ0) is 11.5. The SMILES string of the molecule is CC(CN)S(=O)(=O)Cc1cccc(Cl)c1. The third kappa shape index (κ3) is 3.48. The average molecular weight is 248 g/mol. The number of sulfone groups is 1. The molecule has 0 aliphatic rings. The van der Waals surface area contributed by atoms with Gasteiger partial charge in [0.05, 0.1) is 11.0 Å². The van der Waals surface area contributed by atoms with Gasteiger partial charge in [-0.05, 0) is 24.6 Å². The normalized spacial score (nSPS) is 13.8. The van der Waals surface area contributed by atoms with Crippen molar-refractivity contribution < 1.29 is 8.42 Å². The maximum absolute atomic E-state index is 11.7. The first-order valence-corrected chi connectivity index (χ1v) is 6.71. The van der Waals surface area contributed by atoms with Crippen molar-refractivity contribution in [3.63, 3.8) is 0 Å².